The highest BCUT2D eigenvalue weighted by Crippen LogP contribution is 2.37. The highest BCUT2D eigenvalue weighted by molar-refractivity contribution is 7.17. The Kier molecular flexibility index (Phi) is 5.36. The van der Waals surface area contributed by atoms with E-state index < -0.39 is 17.3 Å². The maximum absolute atomic E-state index is 13.5. The number of nitriles is 1. The lowest BCUT2D eigenvalue weighted by Gasteiger charge is -2.33. The number of halogens is 3. The molecule has 4 rings (SSSR count). The van der Waals surface area contributed by atoms with Crippen LogP contribution in [0.15, 0.2) is 28.4 Å². The van der Waals surface area contributed by atoms with E-state index in [0.29, 0.717) is 36.4 Å². The zero-order chi connectivity index (χ0) is 22.3. The van der Waals surface area contributed by atoms with Crippen molar-refractivity contribution in [1.82, 2.24) is 9.55 Å². The molecule has 162 valence electrons. The summed E-state index contributed by atoms with van der Waals surface area (Å²) < 4.78 is 41.6. The summed E-state index contributed by atoms with van der Waals surface area (Å²) in [6.45, 7) is 0.771. The highest BCUT2D eigenvalue weighted by atomic mass is 32.1. The molecule has 1 aromatic carbocycles. The van der Waals surface area contributed by atoms with E-state index in [9.17, 15) is 28.3 Å². The molecular formula is C20H18F3N5O2S. The highest BCUT2D eigenvalue weighted by Gasteiger charge is 2.36. The Hall–Kier alpha value is -3.10. The third-order valence-corrected chi connectivity index (χ3v) is 6.20. The van der Waals surface area contributed by atoms with E-state index in [2.05, 4.69) is 4.98 Å². The van der Waals surface area contributed by atoms with Crippen molar-refractivity contribution in [2.45, 2.75) is 31.6 Å². The standard InChI is InChI=1S/C20H18F3N5O2S/c21-20(22,23)15-10-31-17-16(15)26-19(27-5-1-2-13(25)9-27)28(18(17)30)8-11-3-4-14(29)6-12(11)7-24/h3-4,6,10,13,29H,1-2,5,8-9,25H2/t13-/m1/s1. The van der Waals surface area contributed by atoms with Crippen LogP contribution in [0.2, 0.25) is 0 Å². The zero-order valence-corrected chi connectivity index (χ0v) is 17.0. The van der Waals surface area contributed by atoms with Gasteiger partial charge < -0.3 is 15.7 Å². The van der Waals surface area contributed by atoms with Crippen LogP contribution >= 0.6 is 11.3 Å². The molecule has 0 amide bonds. The number of fused-ring (bicyclic) bond motifs is 1. The van der Waals surface area contributed by atoms with E-state index >= 15 is 0 Å². The summed E-state index contributed by atoms with van der Waals surface area (Å²) in [4.78, 5) is 19.3. The number of phenolic OH excluding ortho intramolecular Hbond substituents is 1. The number of phenols is 1. The zero-order valence-electron chi connectivity index (χ0n) is 16.2. The van der Waals surface area contributed by atoms with Crippen LogP contribution in [0.5, 0.6) is 5.75 Å². The third-order valence-electron chi connectivity index (χ3n) is 5.25. The molecule has 7 nitrogen and oxygen atoms in total. The molecule has 11 heteroatoms. The number of piperidine rings is 1. The van der Waals surface area contributed by atoms with Crippen LogP contribution in [0.3, 0.4) is 0 Å². The van der Waals surface area contributed by atoms with E-state index in [4.69, 9.17) is 5.73 Å². The minimum absolute atomic E-state index is 0.0781. The number of benzene rings is 1. The second kappa shape index (κ2) is 7.86. The van der Waals surface area contributed by atoms with E-state index in [0.717, 1.165) is 11.8 Å². The molecule has 1 atom stereocenters. The second-order valence-corrected chi connectivity index (χ2v) is 8.31. The summed E-state index contributed by atoms with van der Waals surface area (Å²) >= 11 is 0.696. The summed E-state index contributed by atoms with van der Waals surface area (Å²) in [6.07, 6.45) is -3.15. The Morgan fingerprint density at radius 1 is 1.39 bits per heavy atom. The average Bonchev–Trinajstić information content (AvgIpc) is 3.15. The number of rotatable bonds is 3. The normalized spacial score (nSPS) is 17.1. The van der Waals surface area contributed by atoms with Crippen molar-refractivity contribution < 1.29 is 18.3 Å². The average molecular weight is 449 g/mol. The maximum atomic E-state index is 13.5. The molecule has 1 fully saturated rings. The fourth-order valence-corrected chi connectivity index (χ4v) is 4.70. The summed E-state index contributed by atoms with van der Waals surface area (Å²) in [5.74, 6) is -0.00922. The fourth-order valence-electron chi connectivity index (χ4n) is 3.74. The number of hydrogen-bond acceptors (Lipinski definition) is 7. The number of nitrogens with zero attached hydrogens (tertiary/aromatic N) is 4. The van der Waals surface area contributed by atoms with Crippen LogP contribution in [-0.2, 0) is 12.7 Å². The first-order chi connectivity index (χ1) is 14.7. The summed E-state index contributed by atoms with van der Waals surface area (Å²) in [6, 6.07) is 5.94. The fraction of sp³-hybridized carbons (Fsp3) is 0.350. The van der Waals surface area contributed by atoms with Gasteiger partial charge in [0, 0.05) is 24.5 Å². The van der Waals surface area contributed by atoms with Crippen LogP contribution < -0.4 is 16.2 Å². The molecule has 0 spiro atoms. The van der Waals surface area contributed by atoms with Gasteiger partial charge >= 0.3 is 6.18 Å². The number of anilines is 1. The van der Waals surface area contributed by atoms with Crippen molar-refractivity contribution in [2.75, 3.05) is 18.0 Å². The van der Waals surface area contributed by atoms with Gasteiger partial charge in [0.05, 0.1) is 23.7 Å². The van der Waals surface area contributed by atoms with Gasteiger partial charge in [0.25, 0.3) is 5.56 Å². The molecule has 0 saturated carbocycles. The molecule has 1 aliphatic heterocycles. The lowest BCUT2D eigenvalue weighted by molar-refractivity contribution is -0.136. The molecule has 1 saturated heterocycles. The Bertz CT molecular complexity index is 1240. The summed E-state index contributed by atoms with van der Waals surface area (Å²) in [7, 11) is 0. The van der Waals surface area contributed by atoms with E-state index in [-0.39, 0.29) is 40.1 Å². The van der Waals surface area contributed by atoms with Crippen molar-refractivity contribution >= 4 is 27.5 Å². The Labute approximate surface area is 178 Å². The Morgan fingerprint density at radius 3 is 2.84 bits per heavy atom. The predicted molar refractivity (Wildman–Crippen MR) is 110 cm³/mol. The predicted octanol–water partition coefficient (Wildman–Crippen LogP) is 3.03. The van der Waals surface area contributed by atoms with Crippen molar-refractivity contribution in [3.63, 3.8) is 0 Å². The lowest BCUT2D eigenvalue weighted by Crippen LogP contribution is -2.45. The van der Waals surface area contributed by atoms with Crippen LogP contribution in [0.4, 0.5) is 19.1 Å². The maximum Gasteiger partial charge on any atom is 0.419 e. The molecule has 3 aromatic rings. The van der Waals surface area contributed by atoms with Crippen molar-refractivity contribution in [1.29, 1.82) is 5.26 Å². The second-order valence-electron chi connectivity index (χ2n) is 7.43. The molecule has 0 aliphatic carbocycles. The number of alkyl halides is 3. The summed E-state index contributed by atoms with van der Waals surface area (Å²) in [5.41, 5.74) is 4.72. The van der Waals surface area contributed by atoms with Gasteiger partial charge in [-0.25, -0.2) is 4.98 Å². The molecule has 31 heavy (non-hydrogen) atoms. The first-order valence-electron chi connectivity index (χ1n) is 9.50. The van der Waals surface area contributed by atoms with Crippen molar-refractivity contribution in [3.8, 4) is 11.8 Å². The number of hydrogen-bond donors (Lipinski definition) is 2. The monoisotopic (exact) mass is 449 g/mol. The molecule has 2 aromatic heterocycles. The summed E-state index contributed by atoms with van der Waals surface area (Å²) in [5, 5.41) is 19.9. The number of nitrogens with two attached hydrogens (primary N) is 1. The van der Waals surface area contributed by atoms with Gasteiger partial charge in [0.2, 0.25) is 5.95 Å². The Morgan fingerprint density at radius 2 is 2.16 bits per heavy atom. The number of thiophene rings is 1. The molecule has 3 heterocycles. The van der Waals surface area contributed by atoms with Gasteiger partial charge in [0.15, 0.2) is 0 Å². The van der Waals surface area contributed by atoms with Gasteiger partial charge in [-0.2, -0.15) is 18.4 Å². The molecule has 0 bridgehead atoms. The Balaban J connectivity index is 1.93. The van der Waals surface area contributed by atoms with Crippen molar-refractivity contribution in [3.05, 3.63) is 50.6 Å². The molecule has 3 N–H and O–H groups in total. The number of aromatic nitrogens is 2. The smallest absolute Gasteiger partial charge is 0.419 e. The van der Waals surface area contributed by atoms with Crippen LogP contribution in [0, 0.1) is 11.3 Å². The first kappa shape index (κ1) is 21.1. The van der Waals surface area contributed by atoms with Gasteiger partial charge in [-0.3, -0.25) is 9.36 Å². The topological polar surface area (TPSA) is 108 Å². The van der Waals surface area contributed by atoms with Gasteiger partial charge in [-0.15, -0.1) is 11.3 Å². The lowest BCUT2D eigenvalue weighted by atomic mass is 10.1. The first-order valence-corrected chi connectivity index (χ1v) is 10.4. The van der Waals surface area contributed by atoms with Crippen molar-refractivity contribution in [2.24, 2.45) is 5.73 Å². The van der Waals surface area contributed by atoms with Gasteiger partial charge in [-0.05, 0) is 30.5 Å². The molecular weight excluding hydrogens is 431 g/mol. The van der Waals surface area contributed by atoms with Gasteiger partial charge in [0.1, 0.15) is 16.0 Å². The molecule has 0 unspecified atom stereocenters. The molecule has 0 radical (unpaired) electrons. The minimum Gasteiger partial charge on any atom is -0.508 e. The SMILES string of the molecule is N#Cc1cc(O)ccc1Cn1c(N2CCC[C@@H](N)C2)nc2c(C(F)(F)F)csc2c1=O. The molecule has 1 aliphatic rings. The minimum atomic E-state index is -4.63. The van der Waals surface area contributed by atoms with Gasteiger partial charge in [-0.1, -0.05) is 6.07 Å². The van der Waals surface area contributed by atoms with E-state index in [1.807, 2.05) is 6.07 Å². The largest absolute Gasteiger partial charge is 0.508 e. The van der Waals surface area contributed by atoms with Crippen LogP contribution in [-0.4, -0.2) is 33.8 Å². The van der Waals surface area contributed by atoms with Crippen LogP contribution in [0.25, 0.3) is 10.2 Å². The van der Waals surface area contributed by atoms with E-state index in [1.54, 1.807) is 4.90 Å². The van der Waals surface area contributed by atoms with Crippen LogP contribution in [0.1, 0.15) is 29.5 Å². The van der Waals surface area contributed by atoms with E-state index in [1.165, 1.54) is 22.8 Å². The third kappa shape index (κ3) is 3.96. The number of aromatic hydroxyl groups is 1. The quantitative estimate of drug-likeness (QED) is 0.636.